The van der Waals surface area contributed by atoms with E-state index in [-0.39, 0.29) is 11.8 Å². The van der Waals surface area contributed by atoms with Gasteiger partial charge in [0.1, 0.15) is 0 Å². The minimum absolute atomic E-state index is 0.106. The predicted molar refractivity (Wildman–Crippen MR) is 108 cm³/mol. The molecular weight excluding hydrogens is 372 g/mol. The Labute approximate surface area is 172 Å². The van der Waals surface area contributed by atoms with Crippen LogP contribution in [0.15, 0.2) is 18.2 Å². The number of benzene rings is 1. The van der Waals surface area contributed by atoms with Crippen molar-refractivity contribution in [3.05, 3.63) is 34.9 Å². The third-order valence-electron chi connectivity index (χ3n) is 5.20. The Hall–Kier alpha value is -2.37. The van der Waals surface area contributed by atoms with Gasteiger partial charge in [0.05, 0.1) is 12.7 Å². The van der Waals surface area contributed by atoms with Gasteiger partial charge < -0.3 is 14.2 Å². The van der Waals surface area contributed by atoms with E-state index in [2.05, 4.69) is 0 Å². The molecule has 0 aromatic heterocycles. The Kier molecular flexibility index (Phi) is 6.45. The molecule has 0 amide bonds. The summed E-state index contributed by atoms with van der Waals surface area (Å²) < 4.78 is 15.8. The van der Waals surface area contributed by atoms with Gasteiger partial charge >= 0.3 is 17.9 Å². The Morgan fingerprint density at radius 3 is 2.14 bits per heavy atom. The SMILES string of the molecule is CCCCC1(Cc2cc(C(=O)OC)cc(C(C)(C)C)c2)C(=O)OC(C)(C)OC1=O. The van der Waals surface area contributed by atoms with Gasteiger partial charge in [0.2, 0.25) is 0 Å². The molecule has 160 valence electrons. The summed E-state index contributed by atoms with van der Waals surface area (Å²) in [5.41, 5.74) is 0.347. The number of rotatable bonds is 6. The summed E-state index contributed by atoms with van der Waals surface area (Å²) in [4.78, 5) is 38.2. The second kappa shape index (κ2) is 8.17. The number of ether oxygens (including phenoxy) is 3. The molecule has 29 heavy (non-hydrogen) atoms. The molecule has 1 heterocycles. The molecule has 0 spiro atoms. The molecule has 0 bridgehead atoms. The third-order valence-corrected chi connectivity index (χ3v) is 5.20. The number of hydrogen-bond acceptors (Lipinski definition) is 6. The van der Waals surface area contributed by atoms with Crippen LogP contribution in [0.5, 0.6) is 0 Å². The molecule has 1 saturated heterocycles. The molecule has 0 aliphatic carbocycles. The quantitative estimate of drug-likeness (QED) is 0.519. The molecule has 1 fully saturated rings. The summed E-state index contributed by atoms with van der Waals surface area (Å²) >= 11 is 0. The van der Waals surface area contributed by atoms with Gasteiger partial charge in [0.15, 0.2) is 5.41 Å². The first-order valence-electron chi connectivity index (χ1n) is 10.0. The highest BCUT2D eigenvalue weighted by Gasteiger charge is 2.55. The van der Waals surface area contributed by atoms with E-state index in [1.807, 2.05) is 33.8 Å². The maximum absolute atomic E-state index is 13.0. The van der Waals surface area contributed by atoms with Gasteiger partial charge in [-0.25, -0.2) is 4.79 Å². The van der Waals surface area contributed by atoms with Crippen LogP contribution in [0.2, 0.25) is 0 Å². The molecule has 1 aromatic carbocycles. The number of unbranched alkanes of at least 4 members (excludes halogenated alkanes) is 1. The van der Waals surface area contributed by atoms with Crippen LogP contribution in [0.1, 0.15) is 82.3 Å². The van der Waals surface area contributed by atoms with E-state index in [0.717, 1.165) is 12.0 Å². The number of carbonyl (C=O) groups excluding carboxylic acids is 3. The largest absolute Gasteiger partial charge is 0.465 e. The molecule has 1 aromatic rings. The van der Waals surface area contributed by atoms with Crippen LogP contribution in [0, 0.1) is 5.41 Å². The average molecular weight is 405 g/mol. The number of hydrogen-bond donors (Lipinski definition) is 0. The van der Waals surface area contributed by atoms with Gasteiger partial charge in [-0.2, -0.15) is 0 Å². The molecule has 6 heteroatoms. The van der Waals surface area contributed by atoms with Crippen molar-refractivity contribution in [1.29, 1.82) is 0 Å². The average Bonchev–Trinajstić information content (AvgIpc) is 2.61. The van der Waals surface area contributed by atoms with E-state index in [1.54, 1.807) is 26.0 Å². The molecule has 0 radical (unpaired) electrons. The van der Waals surface area contributed by atoms with Crippen molar-refractivity contribution < 1.29 is 28.6 Å². The molecule has 6 nitrogen and oxygen atoms in total. The van der Waals surface area contributed by atoms with Crippen molar-refractivity contribution in [3.8, 4) is 0 Å². The van der Waals surface area contributed by atoms with Crippen LogP contribution in [0.25, 0.3) is 0 Å². The molecule has 0 unspecified atom stereocenters. The molecule has 1 aliphatic heterocycles. The minimum Gasteiger partial charge on any atom is -0.465 e. The third kappa shape index (κ3) is 4.98. The lowest BCUT2D eigenvalue weighted by molar-refractivity contribution is -0.251. The van der Waals surface area contributed by atoms with E-state index in [9.17, 15) is 14.4 Å². The normalized spacial score (nSPS) is 18.0. The molecule has 0 saturated carbocycles. The number of carbonyl (C=O) groups is 3. The monoisotopic (exact) mass is 404 g/mol. The number of methoxy groups -OCH3 is 1. The maximum atomic E-state index is 13.0. The van der Waals surface area contributed by atoms with Crippen LogP contribution in [0.3, 0.4) is 0 Å². The molecule has 0 atom stereocenters. The highest BCUT2D eigenvalue weighted by molar-refractivity contribution is 6.02. The topological polar surface area (TPSA) is 78.9 Å². The highest BCUT2D eigenvalue weighted by atomic mass is 16.7. The van der Waals surface area contributed by atoms with E-state index in [1.165, 1.54) is 7.11 Å². The van der Waals surface area contributed by atoms with E-state index in [4.69, 9.17) is 14.2 Å². The van der Waals surface area contributed by atoms with E-state index in [0.29, 0.717) is 24.0 Å². The zero-order chi connectivity index (χ0) is 22.0. The number of esters is 3. The van der Waals surface area contributed by atoms with Crippen molar-refractivity contribution in [2.75, 3.05) is 7.11 Å². The van der Waals surface area contributed by atoms with Crippen LogP contribution in [-0.2, 0) is 35.6 Å². The first kappa shape index (κ1) is 22.9. The smallest absolute Gasteiger partial charge is 0.337 e. The fraction of sp³-hybridized carbons (Fsp3) is 0.609. The Morgan fingerprint density at radius 1 is 1.07 bits per heavy atom. The van der Waals surface area contributed by atoms with Crippen LogP contribution in [0.4, 0.5) is 0 Å². The molecule has 2 rings (SSSR count). The fourth-order valence-corrected chi connectivity index (χ4v) is 3.47. The first-order valence-corrected chi connectivity index (χ1v) is 10.0. The van der Waals surface area contributed by atoms with E-state index >= 15 is 0 Å². The molecule has 1 aliphatic rings. The summed E-state index contributed by atoms with van der Waals surface area (Å²) in [5, 5.41) is 0. The van der Waals surface area contributed by atoms with Crippen LogP contribution >= 0.6 is 0 Å². The van der Waals surface area contributed by atoms with Crippen molar-refractivity contribution in [1.82, 2.24) is 0 Å². The molecule has 0 N–H and O–H groups in total. The van der Waals surface area contributed by atoms with Crippen molar-refractivity contribution in [2.24, 2.45) is 5.41 Å². The summed E-state index contributed by atoms with van der Waals surface area (Å²) in [7, 11) is 1.33. The number of cyclic esters (lactones) is 2. The summed E-state index contributed by atoms with van der Waals surface area (Å²) in [5.74, 6) is -2.90. The Balaban J connectivity index is 2.55. The van der Waals surface area contributed by atoms with Gasteiger partial charge in [0, 0.05) is 13.8 Å². The second-order valence-electron chi connectivity index (χ2n) is 9.20. The summed E-state index contributed by atoms with van der Waals surface area (Å²) in [6.45, 7) is 11.2. The van der Waals surface area contributed by atoms with E-state index < -0.39 is 29.1 Å². The van der Waals surface area contributed by atoms with Crippen LogP contribution < -0.4 is 0 Å². The van der Waals surface area contributed by atoms with Gasteiger partial charge in [-0.3, -0.25) is 9.59 Å². The van der Waals surface area contributed by atoms with Gasteiger partial charge in [-0.15, -0.1) is 0 Å². The highest BCUT2D eigenvalue weighted by Crippen LogP contribution is 2.40. The molecular formula is C23H32O6. The van der Waals surface area contributed by atoms with Crippen molar-refractivity contribution >= 4 is 17.9 Å². The standard InChI is InChI=1S/C23H32O6/c1-8-9-10-23(19(25)28-22(5,6)29-20(23)26)14-15-11-16(18(24)27-7)13-17(12-15)21(2,3)4/h11-13H,8-10,14H2,1-7H3. The zero-order valence-corrected chi connectivity index (χ0v) is 18.5. The lowest BCUT2D eigenvalue weighted by atomic mass is 9.75. The van der Waals surface area contributed by atoms with Crippen molar-refractivity contribution in [2.45, 2.75) is 78.4 Å². The second-order valence-corrected chi connectivity index (χ2v) is 9.20. The lowest BCUT2D eigenvalue weighted by Gasteiger charge is -2.40. The summed E-state index contributed by atoms with van der Waals surface area (Å²) in [6.07, 6.45) is 1.92. The van der Waals surface area contributed by atoms with Crippen molar-refractivity contribution in [3.63, 3.8) is 0 Å². The Bertz CT molecular complexity index is 780. The first-order chi connectivity index (χ1) is 13.3. The predicted octanol–water partition coefficient (Wildman–Crippen LogP) is 4.33. The fourth-order valence-electron chi connectivity index (χ4n) is 3.47. The lowest BCUT2D eigenvalue weighted by Crippen LogP contribution is -2.55. The van der Waals surface area contributed by atoms with Gasteiger partial charge in [-0.1, -0.05) is 46.6 Å². The van der Waals surface area contributed by atoms with Crippen LogP contribution in [-0.4, -0.2) is 30.8 Å². The zero-order valence-electron chi connectivity index (χ0n) is 18.5. The van der Waals surface area contributed by atoms with Gasteiger partial charge in [0.25, 0.3) is 5.79 Å². The maximum Gasteiger partial charge on any atom is 0.337 e. The van der Waals surface area contributed by atoms with Gasteiger partial charge in [-0.05, 0) is 41.5 Å². The minimum atomic E-state index is -1.42. The Morgan fingerprint density at radius 2 is 1.66 bits per heavy atom. The summed E-state index contributed by atoms with van der Waals surface area (Å²) in [6, 6.07) is 5.39.